The summed E-state index contributed by atoms with van der Waals surface area (Å²) in [4.78, 5) is 26.6. The predicted octanol–water partition coefficient (Wildman–Crippen LogP) is 3.58. The number of amides is 1. The number of benzene rings is 2. The molecule has 2 aromatic rings. The van der Waals surface area contributed by atoms with E-state index in [9.17, 15) is 18.0 Å². The number of hydrogen-bond donors (Lipinski definition) is 0. The summed E-state index contributed by atoms with van der Waals surface area (Å²) in [6, 6.07) is 12.1. The number of carbonyl (C=O) groups excluding carboxylic acids is 2. The summed E-state index contributed by atoms with van der Waals surface area (Å²) < 4.78 is 28.8. The molecule has 4 rings (SSSR count). The molecule has 0 aromatic heterocycles. The molecule has 0 N–H and O–H groups in total. The zero-order valence-electron chi connectivity index (χ0n) is 16.0. The molecule has 2 heterocycles. The summed E-state index contributed by atoms with van der Waals surface area (Å²) in [6.45, 7) is 2.74. The van der Waals surface area contributed by atoms with Crippen LogP contribution in [0.3, 0.4) is 0 Å². The second-order valence-electron chi connectivity index (χ2n) is 7.35. The van der Waals surface area contributed by atoms with Gasteiger partial charge in [0.25, 0.3) is 11.7 Å². The number of Topliss-reactive ketones (excluding diaryl/α,β-unsaturated/α-hetero) is 1. The van der Waals surface area contributed by atoms with Crippen molar-refractivity contribution < 1.29 is 18.0 Å². The van der Waals surface area contributed by atoms with Gasteiger partial charge in [-0.05, 0) is 77.7 Å². The zero-order valence-corrected chi connectivity index (χ0v) is 18.9. The summed E-state index contributed by atoms with van der Waals surface area (Å²) in [7, 11) is -3.69. The first-order valence-corrected chi connectivity index (χ1v) is 12.1. The van der Waals surface area contributed by atoms with Gasteiger partial charge in [-0.3, -0.25) is 9.59 Å². The first-order chi connectivity index (χ1) is 13.8. The molecule has 2 aliphatic heterocycles. The molecule has 1 amide bonds. The molecule has 0 spiro atoms. The Morgan fingerprint density at radius 2 is 1.83 bits per heavy atom. The van der Waals surface area contributed by atoms with Crippen LogP contribution in [0.1, 0.15) is 42.1 Å². The summed E-state index contributed by atoms with van der Waals surface area (Å²) in [5.41, 5.74) is 1.53. The minimum Gasteiger partial charge on any atom is -0.300 e. The fourth-order valence-corrected chi connectivity index (χ4v) is 6.19. The quantitative estimate of drug-likeness (QED) is 0.443. The Labute approximate surface area is 184 Å². The molecule has 8 heteroatoms. The van der Waals surface area contributed by atoms with E-state index < -0.39 is 21.7 Å². The summed E-state index contributed by atoms with van der Waals surface area (Å²) in [5.74, 6) is -1.28. The van der Waals surface area contributed by atoms with Gasteiger partial charge in [-0.1, -0.05) is 19.1 Å². The van der Waals surface area contributed by atoms with Crippen molar-refractivity contribution in [3.63, 3.8) is 0 Å². The van der Waals surface area contributed by atoms with E-state index in [1.54, 1.807) is 6.07 Å². The minimum absolute atomic E-state index is 0.0111. The third-order valence-corrected chi connectivity index (χ3v) is 8.26. The second kappa shape index (κ2) is 7.81. The van der Waals surface area contributed by atoms with Crippen LogP contribution >= 0.6 is 22.6 Å². The lowest BCUT2D eigenvalue weighted by Gasteiger charge is -2.23. The van der Waals surface area contributed by atoms with E-state index in [1.165, 1.54) is 21.3 Å². The van der Waals surface area contributed by atoms with Crippen molar-refractivity contribution in [1.29, 1.82) is 0 Å². The summed E-state index contributed by atoms with van der Waals surface area (Å²) in [5, 5.41) is 0. The standard InChI is InChI=1S/C21H21IN2O4S/c1-2-16-4-3-11-24(16)29(27,28)17-9-10-19-18(12-17)20(25)21(26)23(19)13-14-5-7-15(22)8-6-14/h5-10,12,16H,2-4,11,13H2,1H3/t16-/m1/s1. The molecule has 2 aliphatic rings. The third kappa shape index (κ3) is 3.62. The van der Waals surface area contributed by atoms with E-state index in [0.29, 0.717) is 12.2 Å². The number of nitrogens with zero attached hydrogens (tertiary/aromatic N) is 2. The molecule has 2 aromatic carbocycles. The zero-order chi connectivity index (χ0) is 20.8. The van der Waals surface area contributed by atoms with Crippen molar-refractivity contribution in [1.82, 2.24) is 4.31 Å². The average Bonchev–Trinajstić information content (AvgIpc) is 3.29. The van der Waals surface area contributed by atoms with Gasteiger partial charge in [0.1, 0.15) is 0 Å². The van der Waals surface area contributed by atoms with Crippen LogP contribution in [0, 0.1) is 3.57 Å². The van der Waals surface area contributed by atoms with Gasteiger partial charge in [0.2, 0.25) is 10.0 Å². The number of sulfonamides is 1. The number of halogens is 1. The number of rotatable bonds is 5. The largest absolute Gasteiger partial charge is 0.300 e. The molecule has 0 bridgehead atoms. The molecule has 6 nitrogen and oxygen atoms in total. The summed E-state index contributed by atoms with van der Waals surface area (Å²) in [6.07, 6.45) is 2.44. The topological polar surface area (TPSA) is 74.8 Å². The Morgan fingerprint density at radius 3 is 2.52 bits per heavy atom. The van der Waals surface area contributed by atoms with Gasteiger partial charge >= 0.3 is 0 Å². The Balaban J connectivity index is 1.67. The van der Waals surface area contributed by atoms with E-state index in [4.69, 9.17) is 0 Å². The minimum atomic E-state index is -3.69. The smallest absolute Gasteiger partial charge is 0.299 e. The van der Waals surface area contributed by atoms with Gasteiger partial charge in [-0.15, -0.1) is 0 Å². The SMILES string of the molecule is CC[C@@H]1CCCN1S(=O)(=O)c1ccc2c(c1)C(=O)C(=O)N2Cc1ccc(I)cc1. The van der Waals surface area contributed by atoms with Crippen molar-refractivity contribution in [2.45, 2.75) is 43.7 Å². The van der Waals surface area contributed by atoms with Crippen molar-refractivity contribution in [3.8, 4) is 0 Å². The fourth-order valence-electron chi connectivity index (χ4n) is 4.04. The van der Waals surface area contributed by atoms with Crippen molar-refractivity contribution in [2.75, 3.05) is 11.4 Å². The lowest BCUT2D eigenvalue weighted by molar-refractivity contribution is -0.114. The van der Waals surface area contributed by atoms with Gasteiger partial charge in [0, 0.05) is 16.2 Å². The molecular formula is C21H21IN2O4S. The van der Waals surface area contributed by atoms with Crippen molar-refractivity contribution >= 4 is 50.0 Å². The Hall–Kier alpha value is -1.78. The lowest BCUT2D eigenvalue weighted by Crippen LogP contribution is -2.35. The molecule has 1 atom stereocenters. The fraction of sp³-hybridized carbons (Fsp3) is 0.333. The van der Waals surface area contributed by atoms with Crippen LogP contribution in [0.5, 0.6) is 0 Å². The second-order valence-corrected chi connectivity index (χ2v) is 10.5. The van der Waals surface area contributed by atoms with Crippen LogP contribution in [0.25, 0.3) is 0 Å². The maximum absolute atomic E-state index is 13.1. The number of fused-ring (bicyclic) bond motifs is 1. The molecule has 29 heavy (non-hydrogen) atoms. The maximum Gasteiger partial charge on any atom is 0.299 e. The molecule has 1 fully saturated rings. The third-order valence-electron chi connectivity index (χ3n) is 5.60. The monoisotopic (exact) mass is 524 g/mol. The Bertz CT molecular complexity index is 1080. The first kappa shape index (κ1) is 20.5. The highest BCUT2D eigenvalue weighted by Gasteiger charge is 2.39. The van der Waals surface area contributed by atoms with Crippen molar-refractivity contribution in [3.05, 3.63) is 57.2 Å². The number of anilines is 1. The molecular weight excluding hydrogens is 503 g/mol. The molecule has 0 saturated carbocycles. The predicted molar refractivity (Wildman–Crippen MR) is 118 cm³/mol. The highest BCUT2D eigenvalue weighted by Crippen LogP contribution is 2.34. The van der Waals surface area contributed by atoms with E-state index >= 15 is 0 Å². The van der Waals surface area contributed by atoms with Crippen LogP contribution in [-0.4, -0.2) is 37.0 Å². The van der Waals surface area contributed by atoms with Crippen LogP contribution in [0.15, 0.2) is 47.4 Å². The van der Waals surface area contributed by atoms with Crippen molar-refractivity contribution in [2.24, 2.45) is 0 Å². The number of ketones is 1. The summed E-state index contributed by atoms with van der Waals surface area (Å²) >= 11 is 2.20. The molecule has 1 saturated heterocycles. The van der Waals surface area contributed by atoms with Crippen LogP contribution < -0.4 is 4.90 Å². The van der Waals surface area contributed by atoms with Crippen LogP contribution in [0.4, 0.5) is 5.69 Å². The van der Waals surface area contributed by atoms with Gasteiger partial charge in [-0.25, -0.2) is 8.42 Å². The Morgan fingerprint density at radius 1 is 1.10 bits per heavy atom. The molecule has 0 unspecified atom stereocenters. The van der Waals surface area contributed by atoms with Gasteiger partial charge < -0.3 is 4.90 Å². The van der Waals surface area contributed by atoms with E-state index in [-0.39, 0.29) is 23.0 Å². The molecule has 0 radical (unpaired) electrons. The highest BCUT2D eigenvalue weighted by molar-refractivity contribution is 14.1. The number of carbonyl (C=O) groups is 2. The number of hydrogen-bond acceptors (Lipinski definition) is 4. The molecule has 0 aliphatic carbocycles. The van der Waals surface area contributed by atoms with Crippen LogP contribution in [0.2, 0.25) is 0 Å². The Kier molecular flexibility index (Phi) is 5.52. The van der Waals surface area contributed by atoms with E-state index in [1.807, 2.05) is 31.2 Å². The van der Waals surface area contributed by atoms with E-state index in [0.717, 1.165) is 28.4 Å². The van der Waals surface area contributed by atoms with Crippen LogP contribution in [-0.2, 0) is 21.4 Å². The van der Waals surface area contributed by atoms with Gasteiger partial charge in [-0.2, -0.15) is 4.31 Å². The van der Waals surface area contributed by atoms with E-state index in [2.05, 4.69) is 22.6 Å². The average molecular weight is 524 g/mol. The maximum atomic E-state index is 13.1. The lowest BCUT2D eigenvalue weighted by atomic mass is 10.1. The highest BCUT2D eigenvalue weighted by atomic mass is 127. The van der Waals surface area contributed by atoms with Gasteiger partial charge in [0.15, 0.2) is 0 Å². The normalized spacial score (nSPS) is 19.8. The first-order valence-electron chi connectivity index (χ1n) is 9.59. The molecule has 152 valence electrons. The van der Waals surface area contributed by atoms with Gasteiger partial charge in [0.05, 0.1) is 22.7 Å².